The summed E-state index contributed by atoms with van der Waals surface area (Å²) in [5, 5.41) is 0.832. The maximum absolute atomic E-state index is 13.8. The zero-order valence-electron chi connectivity index (χ0n) is 21.6. The number of aromatic nitrogens is 1. The molecule has 7 nitrogen and oxygen atoms in total. The first-order valence-corrected chi connectivity index (χ1v) is 15.2. The first-order valence-electron chi connectivity index (χ1n) is 12.9. The van der Waals surface area contributed by atoms with E-state index < -0.39 is 26.5 Å². The Morgan fingerprint density at radius 3 is 2.28 bits per heavy atom. The monoisotopic (exact) mass is 557 g/mol. The van der Waals surface area contributed by atoms with Gasteiger partial charge in [0.25, 0.3) is 10.0 Å². The molecule has 9 heteroatoms. The van der Waals surface area contributed by atoms with E-state index in [1.807, 2.05) is 19.1 Å². The largest absolute Gasteiger partial charge is 0.367 e. The number of likely N-dealkylation sites (tertiary alicyclic amines) is 1. The van der Waals surface area contributed by atoms with Crippen molar-refractivity contribution in [2.45, 2.75) is 26.7 Å². The summed E-state index contributed by atoms with van der Waals surface area (Å²) in [6.45, 7) is 5.21. The van der Waals surface area contributed by atoms with E-state index in [0.29, 0.717) is 24.7 Å². The molecular formula is C30H27N3O4S2. The highest BCUT2D eigenvalue weighted by atomic mass is 32.2. The van der Waals surface area contributed by atoms with Crippen LogP contribution in [0.2, 0.25) is 0 Å². The van der Waals surface area contributed by atoms with Gasteiger partial charge in [-0.2, -0.15) is 0 Å². The summed E-state index contributed by atoms with van der Waals surface area (Å²) in [4.78, 5) is 33.2. The van der Waals surface area contributed by atoms with Crippen molar-refractivity contribution < 1.29 is 18.0 Å². The number of anilines is 1. The van der Waals surface area contributed by atoms with E-state index in [4.69, 9.17) is 4.98 Å². The Labute approximate surface area is 231 Å². The summed E-state index contributed by atoms with van der Waals surface area (Å²) < 4.78 is 31.2. The van der Waals surface area contributed by atoms with Crippen LogP contribution in [0.25, 0.3) is 20.8 Å². The van der Waals surface area contributed by atoms with Crippen LogP contribution in [0.5, 0.6) is 0 Å². The van der Waals surface area contributed by atoms with Gasteiger partial charge in [-0.25, -0.2) is 13.4 Å². The smallest absolute Gasteiger partial charge is 0.268 e. The third kappa shape index (κ3) is 4.66. The fourth-order valence-electron chi connectivity index (χ4n) is 5.15. The number of fused-ring (bicyclic) bond motifs is 2. The number of rotatable bonds is 5. The van der Waals surface area contributed by atoms with Crippen molar-refractivity contribution in [1.82, 2.24) is 9.88 Å². The number of nitrogens with zero attached hydrogens (tertiary/aromatic N) is 2. The van der Waals surface area contributed by atoms with Crippen molar-refractivity contribution in [3.63, 3.8) is 0 Å². The molecule has 39 heavy (non-hydrogen) atoms. The van der Waals surface area contributed by atoms with Gasteiger partial charge in [-0.05, 0) is 67.6 Å². The molecule has 0 bridgehead atoms. The molecule has 1 aromatic heterocycles. The zero-order chi connectivity index (χ0) is 27.3. The second kappa shape index (κ2) is 9.73. The Morgan fingerprint density at radius 2 is 1.59 bits per heavy atom. The number of ketones is 2. The minimum Gasteiger partial charge on any atom is -0.367 e. The summed E-state index contributed by atoms with van der Waals surface area (Å²) in [7, 11) is -4.37. The maximum Gasteiger partial charge on any atom is 0.268 e. The molecule has 0 spiro atoms. The van der Waals surface area contributed by atoms with Gasteiger partial charge in [-0.3, -0.25) is 14.3 Å². The SMILES string of the molecule is Cc1ccc2nc(-c3ccc(NS(=O)(=O)C4=C(N5CCC(C)CC5)C(=O)c5ccccc5C4=O)cc3)sc2c1. The van der Waals surface area contributed by atoms with Gasteiger partial charge < -0.3 is 4.90 Å². The van der Waals surface area contributed by atoms with Crippen LogP contribution in [0.3, 0.4) is 0 Å². The molecule has 1 fully saturated rings. The van der Waals surface area contributed by atoms with Gasteiger partial charge >= 0.3 is 0 Å². The number of carbonyl (C=O) groups is 2. The van der Waals surface area contributed by atoms with Gasteiger partial charge in [0.1, 0.15) is 10.7 Å². The number of nitrogens with one attached hydrogen (secondary N) is 1. The molecule has 0 amide bonds. The minimum absolute atomic E-state index is 0.0283. The maximum atomic E-state index is 13.8. The van der Waals surface area contributed by atoms with E-state index in [0.717, 1.165) is 39.2 Å². The van der Waals surface area contributed by atoms with Crippen molar-refractivity contribution in [3.05, 3.63) is 94.0 Å². The average molecular weight is 558 g/mol. The number of piperidine rings is 1. The number of hydrogen-bond donors (Lipinski definition) is 1. The Bertz CT molecular complexity index is 1760. The third-order valence-corrected chi connectivity index (χ3v) is 9.84. The van der Waals surface area contributed by atoms with Crippen LogP contribution in [0.4, 0.5) is 5.69 Å². The van der Waals surface area contributed by atoms with Crippen molar-refractivity contribution >= 4 is 48.8 Å². The normalized spacial score (nSPS) is 16.6. The summed E-state index contributed by atoms with van der Waals surface area (Å²) in [6.07, 6.45) is 1.64. The summed E-state index contributed by atoms with van der Waals surface area (Å²) in [5.41, 5.74) is 3.56. The Balaban J connectivity index is 1.35. The number of aryl methyl sites for hydroxylation is 1. The second-order valence-electron chi connectivity index (χ2n) is 10.2. The Hall–Kier alpha value is -3.82. The minimum atomic E-state index is -4.37. The molecule has 0 saturated carbocycles. The molecule has 2 aliphatic rings. The molecule has 6 rings (SSSR count). The highest BCUT2D eigenvalue weighted by Gasteiger charge is 2.42. The van der Waals surface area contributed by atoms with E-state index in [1.54, 1.807) is 58.7 Å². The van der Waals surface area contributed by atoms with Crippen molar-refractivity contribution in [1.29, 1.82) is 0 Å². The lowest BCUT2D eigenvalue weighted by Gasteiger charge is -2.35. The number of benzene rings is 3. The third-order valence-electron chi connectivity index (χ3n) is 7.35. The van der Waals surface area contributed by atoms with Crippen molar-refractivity contribution in [2.75, 3.05) is 17.8 Å². The van der Waals surface area contributed by atoms with Gasteiger partial charge in [0, 0.05) is 35.5 Å². The fourth-order valence-corrected chi connectivity index (χ4v) is 7.60. The van der Waals surface area contributed by atoms with Crippen LogP contribution in [-0.4, -0.2) is 43.0 Å². The van der Waals surface area contributed by atoms with E-state index in [-0.39, 0.29) is 16.8 Å². The number of thiazole rings is 1. The Morgan fingerprint density at radius 1 is 0.923 bits per heavy atom. The highest BCUT2D eigenvalue weighted by molar-refractivity contribution is 7.97. The molecule has 0 unspecified atom stereocenters. The lowest BCUT2D eigenvalue weighted by molar-refractivity contribution is 0.0933. The lowest BCUT2D eigenvalue weighted by atomic mass is 9.90. The summed E-state index contributed by atoms with van der Waals surface area (Å²) >= 11 is 1.57. The standard InChI is InChI=1S/C30H27N3O4S2/c1-18-13-15-33(16-14-18)26-27(34)22-5-3-4-6-23(22)28(35)29(26)39(36,37)32-21-10-8-20(9-11-21)30-31-24-12-7-19(2)17-25(24)38-30/h3-12,17-18,32H,13-16H2,1-2H3. The predicted octanol–water partition coefficient (Wildman–Crippen LogP) is 6.04. The van der Waals surface area contributed by atoms with E-state index in [1.165, 1.54) is 6.07 Å². The van der Waals surface area contributed by atoms with Crippen LogP contribution in [0.1, 0.15) is 46.0 Å². The summed E-state index contributed by atoms with van der Waals surface area (Å²) in [5.74, 6) is -0.617. The van der Waals surface area contributed by atoms with E-state index in [2.05, 4.69) is 17.7 Å². The number of carbonyl (C=O) groups excluding carboxylic acids is 2. The van der Waals surface area contributed by atoms with Crippen molar-refractivity contribution in [2.24, 2.45) is 5.92 Å². The van der Waals surface area contributed by atoms with Crippen LogP contribution < -0.4 is 4.72 Å². The quantitative estimate of drug-likeness (QED) is 0.322. The number of Topliss-reactive ketones (excluding diaryl/α,β-unsaturated/α-hetero) is 2. The van der Waals surface area contributed by atoms with Gasteiger partial charge in [-0.1, -0.05) is 37.3 Å². The van der Waals surface area contributed by atoms with Gasteiger partial charge in [0.15, 0.2) is 4.91 Å². The summed E-state index contributed by atoms with van der Waals surface area (Å²) in [6, 6.07) is 19.4. The Kier molecular flexibility index (Phi) is 6.35. The predicted molar refractivity (Wildman–Crippen MR) is 154 cm³/mol. The molecule has 3 aromatic carbocycles. The topological polar surface area (TPSA) is 96.4 Å². The molecule has 1 aliphatic heterocycles. The van der Waals surface area contributed by atoms with E-state index >= 15 is 0 Å². The molecule has 1 N–H and O–H groups in total. The molecule has 4 aromatic rings. The molecular weight excluding hydrogens is 530 g/mol. The van der Waals surface area contributed by atoms with Crippen LogP contribution in [-0.2, 0) is 10.0 Å². The van der Waals surface area contributed by atoms with Crippen LogP contribution in [0, 0.1) is 12.8 Å². The molecule has 2 heterocycles. The van der Waals surface area contributed by atoms with Gasteiger partial charge in [0.05, 0.1) is 10.2 Å². The van der Waals surface area contributed by atoms with Crippen LogP contribution in [0.15, 0.2) is 77.3 Å². The fraction of sp³-hybridized carbons (Fsp3) is 0.233. The lowest BCUT2D eigenvalue weighted by Crippen LogP contribution is -2.41. The number of allylic oxidation sites excluding steroid dienone is 2. The number of hydrogen-bond acceptors (Lipinski definition) is 7. The second-order valence-corrected chi connectivity index (χ2v) is 12.9. The first-order chi connectivity index (χ1) is 18.7. The number of sulfonamides is 1. The molecule has 0 radical (unpaired) electrons. The van der Waals surface area contributed by atoms with Crippen LogP contribution >= 0.6 is 11.3 Å². The molecule has 1 aliphatic carbocycles. The van der Waals surface area contributed by atoms with Gasteiger partial charge in [-0.15, -0.1) is 11.3 Å². The average Bonchev–Trinajstić information content (AvgIpc) is 3.34. The highest BCUT2D eigenvalue weighted by Crippen LogP contribution is 2.35. The molecule has 198 valence electrons. The first kappa shape index (κ1) is 25.5. The zero-order valence-corrected chi connectivity index (χ0v) is 23.2. The van der Waals surface area contributed by atoms with Gasteiger partial charge in [0.2, 0.25) is 11.6 Å². The molecule has 1 saturated heterocycles. The molecule has 0 atom stereocenters. The van der Waals surface area contributed by atoms with E-state index in [9.17, 15) is 18.0 Å². The van der Waals surface area contributed by atoms with Crippen molar-refractivity contribution in [3.8, 4) is 10.6 Å².